The van der Waals surface area contributed by atoms with E-state index in [9.17, 15) is 0 Å². The van der Waals surface area contributed by atoms with Crippen LogP contribution in [-0.2, 0) is 4.74 Å². The topological polar surface area (TPSA) is 34.4 Å². The highest BCUT2D eigenvalue weighted by molar-refractivity contribution is 6.29. The first-order valence-electron chi connectivity index (χ1n) is 5.09. The summed E-state index contributed by atoms with van der Waals surface area (Å²) in [5.41, 5.74) is 1.02. The van der Waals surface area contributed by atoms with Crippen molar-refractivity contribution in [3.8, 4) is 0 Å². The lowest BCUT2D eigenvalue weighted by molar-refractivity contribution is 0.171. The second-order valence-corrected chi connectivity index (χ2v) is 4.02. The predicted octanol–water partition coefficient (Wildman–Crippen LogP) is 2.87. The van der Waals surface area contributed by atoms with E-state index < -0.39 is 0 Å². The Labute approximate surface area is 95.7 Å². The summed E-state index contributed by atoms with van der Waals surface area (Å²) >= 11 is 5.95. The second kappa shape index (κ2) is 6.16. The Kier molecular flexibility index (Phi) is 5.15. The van der Waals surface area contributed by atoms with Crippen molar-refractivity contribution in [1.82, 2.24) is 5.32 Å². The zero-order valence-corrected chi connectivity index (χ0v) is 10.2. The van der Waals surface area contributed by atoms with Gasteiger partial charge in [0.15, 0.2) is 5.22 Å². The molecule has 0 saturated carbocycles. The van der Waals surface area contributed by atoms with E-state index in [-0.39, 0.29) is 6.04 Å². The van der Waals surface area contributed by atoms with Crippen LogP contribution in [0.15, 0.2) is 16.7 Å². The minimum absolute atomic E-state index is 0.214. The van der Waals surface area contributed by atoms with Crippen molar-refractivity contribution in [3.63, 3.8) is 0 Å². The third-order valence-electron chi connectivity index (χ3n) is 2.64. The molecule has 0 aliphatic carbocycles. The molecule has 0 aliphatic heterocycles. The number of hydrogen-bond donors (Lipinski definition) is 1. The summed E-state index contributed by atoms with van der Waals surface area (Å²) < 4.78 is 10.2. The van der Waals surface area contributed by atoms with Crippen molar-refractivity contribution in [2.24, 2.45) is 5.92 Å². The largest absolute Gasteiger partial charge is 0.453 e. The van der Waals surface area contributed by atoms with Crippen LogP contribution in [-0.4, -0.2) is 20.8 Å². The first-order chi connectivity index (χ1) is 7.20. The van der Waals surface area contributed by atoms with Gasteiger partial charge in [0.2, 0.25) is 0 Å². The number of nitrogens with one attached hydrogen (secondary N) is 1. The number of hydrogen-bond acceptors (Lipinski definition) is 3. The van der Waals surface area contributed by atoms with Crippen molar-refractivity contribution in [2.75, 3.05) is 20.8 Å². The van der Waals surface area contributed by atoms with Crippen LogP contribution in [0.3, 0.4) is 0 Å². The third kappa shape index (κ3) is 3.23. The molecule has 86 valence electrons. The van der Waals surface area contributed by atoms with E-state index in [1.807, 2.05) is 13.1 Å². The predicted molar refractivity (Wildman–Crippen MR) is 61.2 cm³/mol. The minimum atomic E-state index is 0.214. The summed E-state index contributed by atoms with van der Waals surface area (Å²) in [5.74, 6) is 0.449. The molecular formula is C11H18ClNO2. The van der Waals surface area contributed by atoms with Crippen LogP contribution in [0.25, 0.3) is 0 Å². The molecule has 1 heterocycles. The Morgan fingerprint density at radius 2 is 2.33 bits per heavy atom. The number of ether oxygens (including phenoxy) is 1. The van der Waals surface area contributed by atoms with Crippen LogP contribution >= 0.6 is 11.6 Å². The molecule has 0 aliphatic rings. The van der Waals surface area contributed by atoms with Gasteiger partial charge in [0.05, 0.1) is 6.26 Å². The average Bonchev–Trinajstić information content (AvgIpc) is 2.63. The molecule has 15 heavy (non-hydrogen) atoms. The normalized spacial score (nSPS) is 15.2. The first-order valence-corrected chi connectivity index (χ1v) is 5.47. The van der Waals surface area contributed by atoms with Gasteiger partial charge in [-0.2, -0.15) is 0 Å². The van der Waals surface area contributed by atoms with Crippen molar-refractivity contribution < 1.29 is 9.15 Å². The molecule has 1 N–H and O–H groups in total. The van der Waals surface area contributed by atoms with Gasteiger partial charge < -0.3 is 14.5 Å². The molecule has 1 rings (SSSR count). The smallest absolute Gasteiger partial charge is 0.197 e. The Hall–Kier alpha value is -0.510. The van der Waals surface area contributed by atoms with Gasteiger partial charge in [-0.05, 0) is 37.1 Å². The van der Waals surface area contributed by atoms with Gasteiger partial charge in [0, 0.05) is 25.3 Å². The Morgan fingerprint density at radius 1 is 1.60 bits per heavy atom. The van der Waals surface area contributed by atoms with Gasteiger partial charge >= 0.3 is 0 Å². The Bertz CT molecular complexity index is 288. The van der Waals surface area contributed by atoms with Crippen LogP contribution in [0.5, 0.6) is 0 Å². The van der Waals surface area contributed by atoms with Crippen molar-refractivity contribution >= 4 is 11.6 Å². The maximum absolute atomic E-state index is 5.95. The summed E-state index contributed by atoms with van der Waals surface area (Å²) in [6.07, 6.45) is 2.61. The molecule has 0 fully saturated rings. The fourth-order valence-electron chi connectivity index (χ4n) is 1.74. The first kappa shape index (κ1) is 12.6. The van der Waals surface area contributed by atoms with Gasteiger partial charge in [0.1, 0.15) is 0 Å². The summed E-state index contributed by atoms with van der Waals surface area (Å²) in [4.78, 5) is 0. The molecule has 0 radical (unpaired) electrons. The van der Waals surface area contributed by atoms with Gasteiger partial charge in [-0.25, -0.2) is 0 Å². The van der Waals surface area contributed by atoms with Gasteiger partial charge in [-0.3, -0.25) is 0 Å². The fourth-order valence-corrected chi connectivity index (χ4v) is 1.98. The molecule has 0 amide bonds. The monoisotopic (exact) mass is 231 g/mol. The lowest BCUT2D eigenvalue weighted by atomic mass is 9.94. The molecule has 0 saturated heterocycles. The van der Waals surface area contributed by atoms with E-state index in [2.05, 4.69) is 12.2 Å². The van der Waals surface area contributed by atoms with Crippen LogP contribution in [0.4, 0.5) is 0 Å². The van der Waals surface area contributed by atoms with Crippen LogP contribution in [0.2, 0.25) is 5.22 Å². The standard InChI is InChI=1S/C11H18ClNO2/c1-8(4-6-14-3)10(13-2)9-5-7-15-11(9)12/h5,7-8,10,13H,4,6H2,1-3H3. The molecule has 4 heteroatoms. The average molecular weight is 232 g/mol. The lowest BCUT2D eigenvalue weighted by Crippen LogP contribution is -2.24. The zero-order valence-electron chi connectivity index (χ0n) is 9.42. The molecular weight excluding hydrogens is 214 g/mol. The molecule has 2 unspecified atom stereocenters. The van der Waals surface area contributed by atoms with E-state index in [1.54, 1.807) is 13.4 Å². The molecule has 2 atom stereocenters. The summed E-state index contributed by atoms with van der Waals surface area (Å²) in [7, 11) is 3.64. The molecule has 1 aromatic heterocycles. The maximum Gasteiger partial charge on any atom is 0.197 e. The molecule has 3 nitrogen and oxygen atoms in total. The fraction of sp³-hybridized carbons (Fsp3) is 0.636. The number of methoxy groups -OCH3 is 1. The quantitative estimate of drug-likeness (QED) is 0.818. The Balaban J connectivity index is 2.67. The van der Waals surface area contributed by atoms with Crippen molar-refractivity contribution in [1.29, 1.82) is 0 Å². The highest BCUT2D eigenvalue weighted by Gasteiger charge is 2.21. The van der Waals surface area contributed by atoms with Gasteiger partial charge in [-0.15, -0.1) is 0 Å². The van der Waals surface area contributed by atoms with Crippen LogP contribution in [0.1, 0.15) is 24.9 Å². The highest BCUT2D eigenvalue weighted by Crippen LogP contribution is 2.30. The maximum atomic E-state index is 5.95. The van der Waals surface area contributed by atoms with E-state index >= 15 is 0 Å². The van der Waals surface area contributed by atoms with Crippen molar-refractivity contribution in [3.05, 3.63) is 23.1 Å². The van der Waals surface area contributed by atoms with E-state index in [1.165, 1.54) is 0 Å². The zero-order chi connectivity index (χ0) is 11.3. The van der Waals surface area contributed by atoms with E-state index in [0.717, 1.165) is 18.6 Å². The van der Waals surface area contributed by atoms with Crippen molar-refractivity contribution in [2.45, 2.75) is 19.4 Å². The van der Waals surface area contributed by atoms with Gasteiger partial charge in [-0.1, -0.05) is 6.92 Å². The Morgan fingerprint density at radius 3 is 2.80 bits per heavy atom. The third-order valence-corrected chi connectivity index (χ3v) is 2.95. The molecule has 0 aromatic carbocycles. The highest BCUT2D eigenvalue weighted by atomic mass is 35.5. The van der Waals surface area contributed by atoms with Crippen LogP contribution in [0, 0.1) is 5.92 Å². The summed E-state index contributed by atoms with van der Waals surface area (Å²) in [6, 6.07) is 2.12. The molecule has 0 spiro atoms. The van der Waals surface area contributed by atoms with Gasteiger partial charge in [0.25, 0.3) is 0 Å². The number of rotatable bonds is 6. The summed E-state index contributed by atoms with van der Waals surface area (Å²) in [5, 5.41) is 3.72. The lowest BCUT2D eigenvalue weighted by Gasteiger charge is -2.22. The second-order valence-electron chi connectivity index (χ2n) is 3.67. The summed E-state index contributed by atoms with van der Waals surface area (Å²) in [6.45, 7) is 2.93. The minimum Gasteiger partial charge on any atom is -0.453 e. The number of halogens is 1. The number of furan rings is 1. The van der Waals surface area contributed by atoms with E-state index in [4.69, 9.17) is 20.8 Å². The molecule has 1 aromatic rings. The van der Waals surface area contributed by atoms with Crippen LogP contribution < -0.4 is 5.32 Å². The molecule has 0 bridgehead atoms. The van der Waals surface area contributed by atoms with E-state index in [0.29, 0.717) is 11.1 Å². The SMILES string of the molecule is CNC(c1ccoc1Cl)C(C)CCOC.